The van der Waals surface area contributed by atoms with Crippen LogP contribution in [0.1, 0.15) is 5.56 Å². The van der Waals surface area contributed by atoms with Crippen molar-refractivity contribution >= 4 is 28.5 Å². The van der Waals surface area contributed by atoms with Crippen LogP contribution in [0.5, 0.6) is 0 Å². The van der Waals surface area contributed by atoms with Crippen molar-refractivity contribution in [2.24, 2.45) is 0 Å². The molecule has 0 aliphatic rings. The number of alkyl halides is 3. The SMILES string of the molecule is N#Cc1ccc2cc(NC(=O)OC(=O)C(F)(F)F)ccc2c1. The maximum Gasteiger partial charge on any atom is 0.491 e. The largest absolute Gasteiger partial charge is 0.491 e. The minimum atomic E-state index is -5.24. The Bertz CT molecular complexity index is 794. The fourth-order valence-electron chi connectivity index (χ4n) is 1.68. The van der Waals surface area contributed by atoms with Gasteiger partial charge in [0.25, 0.3) is 0 Å². The van der Waals surface area contributed by atoms with Crippen molar-refractivity contribution in [1.82, 2.24) is 0 Å². The molecule has 0 aliphatic heterocycles. The molecule has 0 saturated carbocycles. The molecule has 0 spiro atoms. The lowest BCUT2D eigenvalue weighted by atomic mass is 10.1. The van der Waals surface area contributed by atoms with Gasteiger partial charge in [0, 0.05) is 5.69 Å². The lowest BCUT2D eigenvalue weighted by Crippen LogP contribution is -2.30. The van der Waals surface area contributed by atoms with Crippen LogP contribution in [0, 0.1) is 11.3 Å². The zero-order valence-electron chi connectivity index (χ0n) is 10.8. The van der Waals surface area contributed by atoms with Crippen molar-refractivity contribution in [3.05, 3.63) is 42.0 Å². The first-order valence-corrected chi connectivity index (χ1v) is 5.83. The van der Waals surface area contributed by atoms with E-state index < -0.39 is 18.2 Å². The zero-order chi connectivity index (χ0) is 16.3. The molecule has 0 aromatic heterocycles. The number of anilines is 1. The minimum absolute atomic E-state index is 0.150. The normalized spacial score (nSPS) is 10.8. The second-order valence-electron chi connectivity index (χ2n) is 4.19. The van der Waals surface area contributed by atoms with Crippen LogP contribution in [0.3, 0.4) is 0 Å². The maximum atomic E-state index is 11.9. The Kier molecular flexibility index (Phi) is 3.99. The predicted octanol–water partition coefficient (Wildman–Crippen LogP) is 3.35. The molecule has 1 amide bonds. The number of ether oxygens (including phenoxy) is 1. The van der Waals surface area contributed by atoms with Crippen LogP contribution in [-0.4, -0.2) is 18.2 Å². The molecule has 5 nitrogen and oxygen atoms in total. The third kappa shape index (κ3) is 3.52. The molecule has 0 saturated heterocycles. The van der Waals surface area contributed by atoms with E-state index in [1.807, 2.05) is 11.4 Å². The fraction of sp³-hybridized carbons (Fsp3) is 0.0714. The molecular weight excluding hydrogens is 301 g/mol. The molecule has 0 aliphatic carbocycles. The lowest BCUT2D eigenvalue weighted by molar-refractivity contribution is -0.192. The topological polar surface area (TPSA) is 79.2 Å². The summed E-state index contributed by atoms with van der Waals surface area (Å²) < 4.78 is 39.5. The van der Waals surface area contributed by atoms with Gasteiger partial charge in [0.1, 0.15) is 0 Å². The molecule has 2 aromatic rings. The summed E-state index contributed by atoms with van der Waals surface area (Å²) in [6, 6.07) is 11.2. The molecule has 1 N–H and O–H groups in total. The standard InChI is InChI=1S/C14H7F3N2O3/c15-14(16,17)12(20)22-13(21)19-11-4-3-9-5-8(7-18)1-2-10(9)6-11/h1-6H,(H,19,21). The Labute approximate surface area is 121 Å². The number of esters is 1. The van der Waals surface area contributed by atoms with Crippen molar-refractivity contribution in [1.29, 1.82) is 5.26 Å². The van der Waals surface area contributed by atoms with E-state index >= 15 is 0 Å². The first-order valence-electron chi connectivity index (χ1n) is 5.83. The summed E-state index contributed by atoms with van der Waals surface area (Å²) in [5.41, 5.74) is 0.598. The molecule has 112 valence electrons. The van der Waals surface area contributed by atoms with E-state index in [0.29, 0.717) is 16.3 Å². The molecule has 2 rings (SSSR count). The second kappa shape index (κ2) is 5.73. The molecule has 0 atom stereocenters. The summed E-state index contributed by atoms with van der Waals surface area (Å²) in [4.78, 5) is 21.7. The first kappa shape index (κ1) is 15.3. The van der Waals surface area contributed by atoms with Crippen molar-refractivity contribution < 1.29 is 27.5 Å². The molecular formula is C14H7F3N2O3. The molecule has 0 heterocycles. The molecule has 22 heavy (non-hydrogen) atoms. The van der Waals surface area contributed by atoms with Crippen LogP contribution >= 0.6 is 0 Å². The van der Waals surface area contributed by atoms with Gasteiger partial charge in [-0.1, -0.05) is 12.1 Å². The molecule has 0 unspecified atom stereocenters. The summed E-state index contributed by atoms with van der Waals surface area (Å²) >= 11 is 0. The summed E-state index contributed by atoms with van der Waals surface area (Å²) in [5.74, 6) is -2.59. The third-order valence-corrected chi connectivity index (χ3v) is 2.63. The summed E-state index contributed by atoms with van der Waals surface area (Å²) in [6.07, 6.45) is -6.77. The number of carbonyl (C=O) groups excluding carboxylic acids is 2. The van der Waals surface area contributed by atoms with Gasteiger partial charge in [-0.3, -0.25) is 5.32 Å². The predicted molar refractivity (Wildman–Crippen MR) is 69.8 cm³/mol. The van der Waals surface area contributed by atoms with Crippen LogP contribution in [0.2, 0.25) is 0 Å². The van der Waals surface area contributed by atoms with Crippen molar-refractivity contribution in [3.8, 4) is 6.07 Å². The van der Waals surface area contributed by atoms with E-state index in [4.69, 9.17) is 5.26 Å². The van der Waals surface area contributed by atoms with Gasteiger partial charge in [0.15, 0.2) is 0 Å². The quantitative estimate of drug-likeness (QED) is 0.647. The number of nitriles is 1. The maximum absolute atomic E-state index is 11.9. The molecule has 0 fully saturated rings. The average Bonchev–Trinajstić information content (AvgIpc) is 2.45. The van der Waals surface area contributed by atoms with Gasteiger partial charge in [0.2, 0.25) is 0 Å². The number of hydrogen-bond acceptors (Lipinski definition) is 4. The Morgan fingerprint density at radius 1 is 1.09 bits per heavy atom. The van der Waals surface area contributed by atoms with Gasteiger partial charge >= 0.3 is 18.2 Å². The smallest absolute Gasteiger partial charge is 0.369 e. The van der Waals surface area contributed by atoms with Crippen LogP contribution in [0.25, 0.3) is 10.8 Å². The Morgan fingerprint density at radius 3 is 2.36 bits per heavy atom. The van der Waals surface area contributed by atoms with Gasteiger partial charge in [-0.15, -0.1) is 0 Å². The number of rotatable bonds is 1. The van der Waals surface area contributed by atoms with Gasteiger partial charge in [-0.25, -0.2) is 9.59 Å². The summed E-state index contributed by atoms with van der Waals surface area (Å²) in [7, 11) is 0. The number of nitrogens with zero attached hydrogens (tertiary/aromatic N) is 1. The van der Waals surface area contributed by atoms with Crippen LogP contribution in [-0.2, 0) is 9.53 Å². The minimum Gasteiger partial charge on any atom is -0.369 e. The zero-order valence-corrected chi connectivity index (χ0v) is 10.8. The monoisotopic (exact) mass is 308 g/mol. The highest BCUT2D eigenvalue weighted by Gasteiger charge is 2.42. The lowest BCUT2D eigenvalue weighted by Gasteiger charge is -2.08. The number of halogens is 3. The summed E-state index contributed by atoms with van der Waals surface area (Å²) in [6.45, 7) is 0. The Hall–Kier alpha value is -3.08. The number of amides is 1. The third-order valence-electron chi connectivity index (χ3n) is 2.63. The molecule has 8 heteroatoms. The van der Waals surface area contributed by atoms with Crippen molar-refractivity contribution in [2.75, 3.05) is 5.32 Å². The molecule has 2 aromatic carbocycles. The van der Waals surface area contributed by atoms with E-state index in [0.717, 1.165) is 0 Å². The summed E-state index contributed by atoms with van der Waals surface area (Å²) in [5, 5.41) is 12.2. The van der Waals surface area contributed by atoms with Crippen LogP contribution < -0.4 is 5.32 Å². The second-order valence-corrected chi connectivity index (χ2v) is 4.19. The highest BCUT2D eigenvalue weighted by molar-refractivity contribution is 5.96. The van der Waals surface area contributed by atoms with Gasteiger partial charge in [-0.05, 0) is 35.0 Å². The van der Waals surface area contributed by atoms with Gasteiger partial charge in [0.05, 0.1) is 11.6 Å². The average molecular weight is 308 g/mol. The number of carbonyl (C=O) groups is 2. The van der Waals surface area contributed by atoms with E-state index in [-0.39, 0.29) is 5.69 Å². The first-order chi connectivity index (χ1) is 10.3. The van der Waals surface area contributed by atoms with Crippen LogP contribution in [0.15, 0.2) is 36.4 Å². The number of hydrogen-bond donors (Lipinski definition) is 1. The van der Waals surface area contributed by atoms with Gasteiger partial charge in [-0.2, -0.15) is 18.4 Å². The fourth-order valence-corrected chi connectivity index (χ4v) is 1.68. The highest BCUT2D eigenvalue weighted by atomic mass is 19.4. The molecule has 0 radical (unpaired) electrons. The van der Waals surface area contributed by atoms with Gasteiger partial charge < -0.3 is 4.74 Å². The van der Waals surface area contributed by atoms with Crippen molar-refractivity contribution in [3.63, 3.8) is 0 Å². The highest BCUT2D eigenvalue weighted by Crippen LogP contribution is 2.21. The molecule has 0 bridgehead atoms. The van der Waals surface area contributed by atoms with Crippen molar-refractivity contribution in [2.45, 2.75) is 6.18 Å². The van der Waals surface area contributed by atoms with E-state index in [1.54, 1.807) is 24.3 Å². The van der Waals surface area contributed by atoms with E-state index in [9.17, 15) is 22.8 Å². The Balaban J connectivity index is 2.14. The van der Waals surface area contributed by atoms with Crippen LogP contribution in [0.4, 0.5) is 23.7 Å². The Morgan fingerprint density at radius 2 is 1.73 bits per heavy atom. The number of benzene rings is 2. The number of nitrogens with one attached hydrogen (secondary N) is 1. The number of fused-ring (bicyclic) bond motifs is 1. The van der Waals surface area contributed by atoms with E-state index in [2.05, 4.69) is 4.74 Å². The van der Waals surface area contributed by atoms with E-state index in [1.165, 1.54) is 12.1 Å².